The maximum absolute atomic E-state index is 13.1. The molecular formula is C19H32NOP. The number of anilines is 1. The maximum atomic E-state index is 13.1. The fourth-order valence-electron chi connectivity index (χ4n) is 4.50. The van der Waals surface area contributed by atoms with Crippen LogP contribution in [0.5, 0.6) is 0 Å². The van der Waals surface area contributed by atoms with Crippen LogP contribution in [0.2, 0.25) is 0 Å². The first kappa shape index (κ1) is 17.5. The molecule has 1 aromatic rings. The van der Waals surface area contributed by atoms with Crippen molar-refractivity contribution in [3.05, 3.63) is 28.8 Å². The predicted octanol–water partition coefficient (Wildman–Crippen LogP) is 4.89. The van der Waals surface area contributed by atoms with Crippen LogP contribution < -0.4 is 5.32 Å². The van der Waals surface area contributed by atoms with Crippen LogP contribution in [0.3, 0.4) is 0 Å². The van der Waals surface area contributed by atoms with E-state index in [1.165, 1.54) is 35.2 Å². The van der Waals surface area contributed by atoms with E-state index >= 15 is 0 Å². The zero-order chi connectivity index (χ0) is 16.5. The Morgan fingerprint density at radius 1 is 1.05 bits per heavy atom. The van der Waals surface area contributed by atoms with Crippen molar-refractivity contribution in [2.24, 2.45) is 0 Å². The third-order valence-electron chi connectivity index (χ3n) is 6.15. The number of carbonyl (C=O) groups excluding carboxylic acids is 1. The standard InChI is InChI=1S/C19H32NOP/c1-7-22(8-2,9-3)19(10-11-19)18(21)20-17-15(5)12-14(4)13-16(17)6/h12-13,22H,7-11H2,1-6H3,(H,20,21). The Balaban J connectivity index is 2.30. The van der Waals surface area contributed by atoms with Crippen LogP contribution in [-0.4, -0.2) is 29.5 Å². The minimum atomic E-state index is -1.51. The molecule has 0 unspecified atom stereocenters. The Labute approximate surface area is 136 Å². The fourth-order valence-corrected chi connectivity index (χ4v) is 9.76. The first-order valence-corrected chi connectivity index (χ1v) is 11.4. The molecule has 1 saturated carbocycles. The quantitative estimate of drug-likeness (QED) is 0.742. The Morgan fingerprint density at radius 3 is 1.86 bits per heavy atom. The molecule has 0 saturated heterocycles. The van der Waals surface area contributed by atoms with Crippen LogP contribution in [0.4, 0.5) is 5.69 Å². The molecule has 22 heavy (non-hydrogen) atoms. The summed E-state index contributed by atoms with van der Waals surface area (Å²) in [5, 5.41) is 3.31. The van der Waals surface area contributed by atoms with Crippen LogP contribution in [0.15, 0.2) is 12.1 Å². The van der Waals surface area contributed by atoms with Crippen molar-refractivity contribution in [3.8, 4) is 0 Å². The monoisotopic (exact) mass is 321 g/mol. The summed E-state index contributed by atoms with van der Waals surface area (Å²) in [6, 6.07) is 4.32. The fraction of sp³-hybridized carbons (Fsp3) is 0.632. The first-order chi connectivity index (χ1) is 10.4. The normalized spacial score (nSPS) is 17.2. The Kier molecular flexibility index (Phi) is 5.02. The van der Waals surface area contributed by atoms with E-state index in [1.54, 1.807) is 0 Å². The van der Waals surface area contributed by atoms with E-state index in [2.05, 4.69) is 59.0 Å². The third kappa shape index (κ3) is 2.71. The minimum absolute atomic E-state index is 0.00494. The number of benzene rings is 1. The van der Waals surface area contributed by atoms with Crippen molar-refractivity contribution in [2.75, 3.05) is 23.8 Å². The van der Waals surface area contributed by atoms with Crippen molar-refractivity contribution in [3.63, 3.8) is 0 Å². The molecule has 0 radical (unpaired) electrons. The molecule has 0 atom stereocenters. The second kappa shape index (κ2) is 6.32. The molecule has 3 heteroatoms. The van der Waals surface area contributed by atoms with Crippen molar-refractivity contribution < 1.29 is 4.79 Å². The summed E-state index contributed by atoms with van der Waals surface area (Å²) in [6.07, 6.45) is 5.87. The number of amides is 1. The van der Waals surface area contributed by atoms with E-state index in [9.17, 15) is 4.79 Å². The summed E-state index contributed by atoms with van der Waals surface area (Å²) in [4.78, 5) is 13.1. The van der Waals surface area contributed by atoms with Crippen molar-refractivity contribution >= 4 is 18.9 Å². The van der Waals surface area contributed by atoms with E-state index in [0.717, 1.165) is 18.5 Å². The van der Waals surface area contributed by atoms with Crippen molar-refractivity contribution in [1.29, 1.82) is 0 Å². The van der Waals surface area contributed by atoms with Gasteiger partial charge in [0.2, 0.25) is 0 Å². The van der Waals surface area contributed by atoms with Gasteiger partial charge < -0.3 is 0 Å². The summed E-state index contributed by atoms with van der Waals surface area (Å²) < 4.78 is 0. The van der Waals surface area contributed by atoms with Gasteiger partial charge in [0.1, 0.15) is 0 Å². The zero-order valence-electron chi connectivity index (χ0n) is 15.1. The molecule has 1 N–H and O–H groups in total. The number of nitrogens with one attached hydrogen (secondary N) is 1. The van der Waals surface area contributed by atoms with E-state index < -0.39 is 7.26 Å². The van der Waals surface area contributed by atoms with Crippen LogP contribution in [-0.2, 0) is 4.79 Å². The Hall–Kier alpha value is -0.880. The number of carbonyl (C=O) groups is 1. The zero-order valence-corrected chi connectivity index (χ0v) is 16.1. The molecule has 0 bridgehead atoms. The van der Waals surface area contributed by atoms with E-state index in [-0.39, 0.29) is 5.16 Å². The van der Waals surface area contributed by atoms with Gasteiger partial charge in [-0.15, -0.1) is 0 Å². The second-order valence-electron chi connectivity index (χ2n) is 7.15. The van der Waals surface area contributed by atoms with Gasteiger partial charge >= 0.3 is 136 Å². The summed E-state index contributed by atoms with van der Waals surface area (Å²) in [5.41, 5.74) is 4.65. The van der Waals surface area contributed by atoms with Crippen LogP contribution in [0.25, 0.3) is 0 Å². The summed E-state index contributed by atoms with van der Waals surface area (Å²) in [6.45, 7) is 13.2. The molecule has 0 heterocycles. The molecule has 2 nitrogen and oxygen atoms in total. The average molecular weight is 321 g/mol. The summed E-state index contributed by atoms with van der Waals surface area (Å²) in [5.74, 6) is 0.305. The molecule has 0 aliphatic heterocycles. The number of hydrogen-bond acceptors (Lipinski definition) is 1. The van der Waals surface area contributed by atoms with Gasteiger partial charge in [-0.2, -0.15) is 0 Å². The van der Waals surface area contributed by atoms with Gasteiger partial charge in [-0.3, -0.25) is 0 Å². The van der Waals surface area contributed by atoms with Gasteiger partial charge in [-0.05, 0) is 0 Å². The molecule has 0 aromatic heterocycles. The van der Waals surface area contributed by atoms with E-state index in [1.807, 2.05) is 0 Å². The number of rotatable bonds is 6. The van der Waals surface area contributed by atoms with Crippen molar-refractivity contribution in [2.45, 2.75) is 59.5 Å². The molecule has 124 valence electrons. The van der Waals surface area contributed by atoms with Gasteiger partial charge in [0.15, 0.2) is 0 Å². The van der Waals surface area contributed by atoms with Gasteiger partial charge in [-0.25, -0.2) is 0 Å². The van der Waals surface area contributed by atoms with Crippen LogP contribution >= 0.6 is 7.26 Å². The predicted molar refractivity (Wildman–Crippen MR) is 101 cm³/mol. The van der Waals surface area contributed by atoms with Gasteiger partial charge in [-0.1, -0.05) is 0 Å². The molecule has 1 fully saturated rings. The number of hydrogen-bond donors (Lipinski definition) is 1. The van der Waals surface area contributed by atoms with E-state index in [0.29, 0.717) is 5.91 Å². The molecule has 0 spiro atoms. The molecule has 1 aliphatic carbocycles. The van der Waals surface area contributed by atoms with Gasteiger partial charge in [0.25, 0.3) is 0 Å². The molecule has 2 rings (SSSR count). The van der Waals surface area contributed by atoms with Gasteiger partial charge in [0, 0.05) is 0 Å². The molecule has 1 aliphatic rings. The Morgan fingerprint density at radius 2 is 1.50 bits per heavy atom. The number of aryl methyl sites for hydroxylation is 3. The molecule has 1 aromatic carbocycles. The summed E-state index contributed by atoms with van der Waals surface area (Å²) in [7, 11) is -1.51. The van der Waals surface area contributed by atoms with Crippen LogP contribution in [0.1, 0.15) is 50.3 Å². The molecular weight excluding hydrogens is 289 g/mol. The molecule has 1 amide bonds. The topological polar surface area (TPSA) is 29.1 Å². The summed E-state index contributed by atoms with van der Waals surface area (Å²) >= 11 is 0. The average Bonchev–Trinajstić information content (AvgIpc) is 3.27. The first-order valence-electron chi connectivity index (χ1n) is 8.75. The Bertz CT molecular complexity index is 540. The van der Waals surface area contributed by atoms with Gasteiger partial charge in [0.05, 0.1) is 0 Å². The van der Waals surface area contributed by atoms with Crippen molar-refractivity contribution in [1.82, 2.24) is 0 Å². The third-order valence-corrected chi connectivity index (χ3v) is 13.0. The second-order valence-corrected chi connectivity index (χ2v) is 12.8. The van der Waals surface area contributed by atoms with Crippen LogP contribution in [0, 0.1) is 20.8 Å². The SMILES string of the molecule is CC[PH](CC)(CC)C1(C(=O)Nc2c(C)cc(C)cc2C)CC1. The van der Waals surface area contributed by atoms with E-state index in [4.69, 9.17) is 0 Å².